The molecule has 1 N–H and O–H groups in total. The molecule has 2 aromatic carbocycles. The monoisotopic (exact) mass is 416 g/mol. The van der Waals surface area contributed by atoms with Crippen LogP contribution in [0.3, 0.4) is 0 Å². The zero-order valence-electron chi connectivity index (χ0n) is 14.4. The summed E-state index contributed by atoms with van der Waals surface area (Å²) < 4.78 is 30.7. The number of hydrogen-bond donors (Lipinski definition) is 1. The third-order valence-electron chi connectivity index (χ3n) is 3.58. The number of benzene rings is 2. The van der Waals surface area contributed by atoms with Gasteiger partial charge >= 0.3 is 0 Å². The Kier molecular flexibility index (Phi) is 6.39. The highest BCUT2D eigenvalue weighted by atomic mass is 35.5. The molecule has 1 amide bonds. The van der Waals surface area contributed by atoms with Gasteiger partial charge in [0, 0.05) is 11.8 Å². The molecule has 0 bridgehead atoms. The Labute approximate surface area is 162 Å². The molecule has 0 fully saturated rings. The summed E-state index contributed by atoms with van der Waals surface area (Å²) in [6.07, 6.45) is 1.02. The van der Waals surface area contributed by atoms with Crippen LogP contribution in [0, 0.1) is 0 Å². The molecule has 0 spiro atoms. The topological polar surface area (TPSA) is 75.7 Å². The smallest absolute Gasteiger partial charge is 0.247 e. The van der Waals surface area contributed by atoms with Crippen molar-refractivity contribution in [2.75, 3.05) is 23.0 Å². The number of methoxy groups -OCH3 is 1. The molecule has 2 aromatic rings. The molecule has 0 aliphatic carbocycles. The Morgan fingerprint density at radius 3 is 2.42 bits per heavy atom. The molecular formula is C17H18Cl2N2O4S. The van der Waals surface area contributed by atoms with Crippen LogP contribution < -0.4 is 14.4 Å². The van der Waals surface area contributed by atoms with E-state index in [1.807, 2.05) is 0 Å². The molecule has 0 radical (unpaired) electrons. The maximum atomic E-state index is 12.6. The number of nitrogens with one attached hydrogen (secondary N) is 1. The number of rotatable bonds is 6. The van der Waals surface area contributed by atoms with Gasteiger partial charge in [0.25, 0.3) is 0 Å². The zero-order chi connectivity index (χ0) is 19.5. The molecule has 0 heterocycles. The quantitative estimate of drug-likeness (QED) is 0.776. The molecular weight excluding hydrogens is 399 g/mol. The van der Waals surface area contributed by atoms with E-state index in [1.54, 1.807) is 24.3 Å². The number of anilines is 2. The van der Waals surface area contributed by atoms with Crippen LogP contribution in [0.15, 0.2) is 42.5 Å². The highest BCUT2D eigenvalue weighted by Crippen LogP contribution is 2.30. The van der Waals surface area contributed by atoms with Gasteiger partial charge in [-0.3, -0.25) is 9.10 Å². The van der Waals surface area contributed by atoms with Gasteiger partial charge in [-0.25, -0.2) is 8.42 Å². The Morgan fingerprint density at radius 1 is 1.15 bits per heavy atom. The maximum absolute atomic E-state index is 12.6. The number of nitrogens with zero attached hydrogens (tertiary/aromatic N) is 1. The number of carbonyl (C=O) groups excluding carboxylic acids is 1. The Morgan fingerprint density at radius 2 is 1.85 bits per heavy atom. The fourth-order valence-corrected chi connectivity index (χ4v) is 3.84. The minimum absolute atomic E-state index is 0.193. The molecule has 140 valence electrons. The van der Waals surface area contributed by atoms with E-state index < -0.39 is 22.0 Å². The van der Waals surface area contributed by atoms with Gasteiger partial charge in [0.2, 0.25) is 15.9 Å². The third kappa shape index (κ3) is 4.81. The summed E-state index contributed by atoms with van der Waals surface area (Å²) in [4.78, 5) is 12.6. The molecule has 26 heavy (non-hydrogen) atoms. The number of carbonyl (C=O) groups is 1. The first-order valence-electron chi connectivity index (χ1n) is 7.53. The van der Waals surface area contributed by atoms with Crippen molar-refractivity contribution in [3.05, 3.63) is 52.5 Å². The maximum Gasteiger partial charge on any atom is 0.247 e. The van der Waals surface area contributed by atoms with Crippen LogP contribution in [0.2, 0.25) is 10.0 Å². The minimum atomic E-state index is -3.75. The summed E-state index contributed by atoms with van der Waals surface area (Å²) in [5.74, 6) is 0.0645. The van der Waals surface area contributed by atoms with Crippen LogP contribution in [-0.2, 0) is 14.8 Å². The second-order valence-corrected chi connectivity index (χ2v) is 8.23. The number of ether oxygens (including phenoxy) is 1. The Bertz CT molecular complexity index is 919. The molecule has 6 nitrogen and oxygen atoms in total. The van der Waals surface area contributed by atoms with Crippen molar-refractivity contribution >= 4 is 50.5 Å². The van der Waals surface area contributed by atoms with E-state index in [-0.39, 0.29) is 15.7 Å². The molecule has 0 unspecified atom stereocenters. The average molecular weight is 417 g/mol. The first-order valence-corrected chi connectivity index (χ1v) is 10.1. The van der Waals surface area contributed by atoms with Gasteiger partial charge in [-0.15, -0.1) is 0 Å². The summed E-state index contributed by atoms with van der Waals surface area (Å²) in [6.45, 7) is 1.49. The van der Waals surface area contributed by atoms with E-state index in [2.05, 4.69) is 5.32 Å². The Hall–Kier alpha value is -1.96. The largest absolute Gasteiger partial charge is 0.497 e. The van der Waals surface area contributed by atoms with Crippen molar-refractivity contribution in [3.63, 3.8) is 0 Å². The van der Waals surface area contributed by atoms with E-state index in [1.165, 1.54) is 32.2 Å². The molecule has 0 saturated carbocycles. The summed E-state index contributed by atoms with van der Waals surface area (Å²) in [6, 6.07) is 10.1. The molecule has 2 rings (SSSR count). The van der Waals surface area contributed by atoms with E-state index in [0.29, 0.717) is 11.4 Å². The van der Waals surface area contributed by atoms with Crippen LogP contribution in [0.1, 0.15) is 6.92 Å². The van der Waals surface area contributed by atoms with Crippen molar-refractivity contribution < 1.29 is 17.9 Å². The molecule has 1 atom stereocenters. The van der Waals surface area contributed by atoms with Crippen molar-refractivity contribution in [2.45, 2.75) is 13.0 Å². The third-order valence-corrected chi connectivity index (χ3v) is 5.56. The van der Waals surface area contributed by atoms with Gasteiger partial charge in [0.15, 0.2) is 0 Å². The van der Waals surface area contributed by atoms with Gasteiger partial charge in [-0.2, -0.15) is 0 Å². The van der Waals surface area contributed by atoms with Crippen molar-refractivity contribution in [1.29, 1.82) is 0 Å². The van der Waals surface area contributed by atoms with Crippen LogP contribution >= 0.6 is 23.2 Å². The van der Waals surface area contributed by atoms with Gasteiger partial charge in [0.05, 0.1) is 29.1 Å². The van der Waals surface area contributed by atoms with Crippen LogP contribution in [0.4, 0.5) is 11.4 Å². The lowest BCUT2D eigenvalue weighted by Crippen LogP contribution is -2.45. The lowest BCUT2D eigenvalue weighted by atomic mass is 10.2. The van der Waals surface area contributed by atoms with Gasteiger partial charge in [-0.1, -0.05) is 29.3 Å². The fraction of sp³-hybridized carbons (Fsp3) is 0.235. The number of amides is 1. The SMILES string of the molecule is COc1cccc(NC(=O)[C@@H](C)N(c2ccc(Cl)c(Cl)c2)S(C)(=O)=O)c1. The minimum Gasteiger partial charge on any atom is -0.497 e. The van der Waals surface area contributed by atoms with E-state index in [9.17, 15) is 13.2 Å². The average Bonchev–Trinajstić information content (AvgIpc) is 2.57. The van der Waals surface area contributed by atoms with Crippen LogP contribution in [0.25, 0.3) is 0 Å². The highest BCUT2D eigenvalue weighted by molar-refractivity contribution is 7.92. The number of sulfonamides is 1. The van der Waals surface area contributed by atoms with Crippen molar-refractivity contribution in [1.82, 2.24) is 0 Å². The van der Waals surface area contributed by atoms with Crippen molar-refractivity contribution in [2.24, 2.45) is 0 Å². The van der Waals surface area contributed by atoms with Gasteiger partial charge < -0.3 is 10.1 Å². The van der Waals surface area contributed by atoms with Gasteiger partial charge in [-0.05, 0) is 37.3 Å². The van der Waals surface area contributed by atoms with Crippen LogP contribution in [0.5, 0.6) is 5.75 Å². The predicted octanol–water partition coefficient (Wildman–Crippen LogP) is 3.80. The highest BCUT2D eigenvalue weighted by Gasteiger charge is 2.29. The van der Waals surface area contributed by atoms with E-state index in [0.717, 1.165) is 10.6 Å². The number of hydrogen-bond acceptors (Lipinski definition) is 4. The van der Waals surface area contributed by atoms with Crippen LogP contribution in [-0.4, -0.2) is 33.7 Å². The van der Waals surface area contributed by atoms with E-state index >= 15 is 0 Å². The molecule has 0 saturated heterocycles. The Balaban J connectivity index is 2.32. The second-order valence-electron chi connectivity index (χ2n) is 5.55. The summed E-state index contributed by atoms with van der Waals surface area (Å²) in [5.41, 5.74) is 0.735. The lowest BCUT2D eigenvalue weighted by Gasteiger charge is -2.28. The summed E-state index contributed by atoms with van der Waals surface area (Å²) in [5, 5.41) is 3.16. The molecule has 0 aromatic heterocycles. The standard InChI is InChI=1S/C17H18Cl2N2O4S/c1-11(17(22)20-12-5-4-6-14(9-12)25-2)21(26(3,23)24)13-7-8-15(18)16(19)10-13/h4-11H,1-3H3,(H,20,22)/t11-/m1/s1. The summed E-state index contributed by atoms with van der Waals surface area (Å²) >= 11 is 11.9. The molecule has 0 aliphatic heterocycles. The van der Waals surface area contributed by atoms with Crippen molar-refractivity contribution in [3.8, 4) is 5.75 Å². The molecule has 0 aliphatic rings. The van der Waals surface area contributed by atoms with Gasteiger partial charge in [0.1, 0.15) is 11.8 Å². The summed E-state index contributed by atoms with van der Waals surface area (Å²) in [7, 11) is -2.24. The molecule has 9 heteroatoms. The normalized spacial score (nSPS) is 12.3. The van der Waals surface area contributed by atoms with E-state index in [4.69, 9.17) is 27.9 Å². The zero-order valence-corrected chi connectivity index (χ0v) is 16.7. The lowest BCUT2D eigenvalue weighted by molar-refractivity contribution is -0.116. The predicted molar refractivity (Wildman–Crippen MR) is 105 cm³/mol. The fourth-order valence-electron chi connectivity index (χ4n) is 2.38. The number of halogens is 2. The first kappa shape index (κ1) is 20.4. The second kappa shape index (κ2) is 8.16. The first-order chi connectivity index (χ1) is 12.1.